The molecule has 174 valence electrons. The third-order valence-electron chi connectivity index (χ3n) is 5.92. The summed E-state index contributed by atoms with van der Waals surface area (Å²) >= 11 is 6.07. The number of aromatic nitrogens is 3. The summed E-state index contributed by atoms with van der Waals surface area (Å²) in [5.41, 5.74) is 2.52. The minimum atomic E-state index is 0.0479. The van der Waals surface area contributed by atoms with Crippen LogP contribution < -0.4 is 9.64 Å². The number of carbonyl (C=O) groups excluding carboxylic acids is 1. The Morgan fingerprint density at radius 3 is 2.68 bits per heavy atom. The van der Waals surface area contributed by atoms with E-state index in [-0.39, 0.29) is 12.5 Å². The van der Waals surface area contributed by atoms with E-state index in [1.165, 1.54) is 0 Å². The highest BCUT2D eigenvalue weighted by Crippen LogP contribution is 2.29. The number of hydrogen-bond donors (Lipinski definition) is 0. The molecule has 0 unspecified atom stereocenters. The van der Waals surface area contributed by atoms with Crippen molar-refractivity contribution in [2.24, 2.45) is 0 Å². The summed E-state index contributed by atoms with van der Waals surface area (Å²) in [4.78, 5) is 21.7. The number of piperazine rings is 1. The Morgan fingerprint density at radius 2 is 1.88 bits per heavy atom. The number of amides is 1. The van der Waals surface area contributed by atoms with Crippen molar-refractivity contribution in [2.45, 2.75) is 6.54 Å². The largest absolute Gasteiger partial charge is 0.495 e. The minimum absolute atomic E-state index is 0.0479. The van der Waals surface area contributed by atoms with Crippen LogP contribution >= 0.6 is 11.6 Å². The highest BCUT2D eigenvalue weighted by molar-refractivity contribution is 6.30. The number of benzene rings is 2. The first-order valence-electron chi connectivity index (χ1n) is 11.0. The molecule has 0 spiro atoms. The zero-order valence-corrected chi connectivity index (χ0v) is 19.5. The van der Waals surface area contributed by atoms with Crippen molar-refractivity contribution < 1.29 is 14.1 Å². The lowest BCUT2D eigenvalue weighted by molar-refractivity contribution is -0.132. The van der Waals surface area contributed by atoms with Crippen molar-refractivity contribution in [3.8, 4) is 28.7 Å². The van der Waals surface area contributed by atoms with Crippen molar-refractivity contribution in [3.05, 3.63) is 71.9 Å². The fourth-order valence-corrected chi connectivity index (χ4v) is 4.34. The monoisotopic (exact) mass is 477 g/mol. The molecular weight excluding hydrogens is 454 g/mol. The van der Waals surface area contributed by atoms with Crippen LogP contribution in [0.25, 0.3) is 23.0 Å². The first-order valence-corrected chi connectivity index (χ1v) is 11.4. The summed E-state index contributed by atoms with van der Waals surface area (Å²) < 4.78 is 12.8. The van der Waals surface area contributed by atoms with Crippen LogP contribution in [0.3, 0.4) is 0 Å². The van der Waals surface area contributed by atoms with Gasteiger partial charge in [0.05, 0.1) is 12.8 Å². The molecule has 0 aliphatic carbocycles. The normalized spacial score (nSPS) is 13.8. The number of para-hydroxylation sites is 2. The first kappa shape index (κ1) is 22.0. The Kier molecular flexibility index (Phi) is 6.22. The second-order valence-electron chi connectivity index (χ2n) is 7.99. The smallest absolute Gasteiger partial charge is 0.274 e. The summed E-state index contributed by atoms with van der Waals surface area (Å²) in [5.74, 6) is 1.69. The van der Waals surface area contributed by atoms with Crippen molar-refractivity contribution in [1.82, 2.24) is 19.6 Å². The van der Waals surface area contributed by atoms with Gasteiger partial charge in [0.25, 0.3) is 5.89 Å². The molecule has 9 heteroatoms. The van der Waals surface area contributed by atoms with Crippen molar-refractivity contribution in [2.75, 3.05) is 38.2 Å². The van der Waals surface area contributed by atoms with Gasteiger partial charge in [-0.1, -0.05) is 41.0 Å². The molecule has 1 aliphatic rings. The number of carbonyl (C=O) groups is 1. The SMILES string of the molecule is COc1ccccc1N1CCN(C(=O)Cn2cccc2-c2nc(-c3cccc(Cl)c3)no2)CC1. The molecule has 0 saturated carbocycles. The van der Waals surface area contributed by atoms with Crippen LogP contribution in [0.2, 0.25) is 5.02 Å². The van der Waals surface area contributed by atoms with Crippen LogP contribution in [0.4, 0.5) is 5.69 Å². The first-order chi connectivity index (χ1) is 16.6. The van der Waals surface area contributed by atoms with Crippen molar-refractivity contribution in [3.63, 3.8) is 0 Å². The van der Waals surface area contributed by atoms with E-state index in [1.54, 1.807) is 19.2 Å². The summed E-state index contributed by atoms with van der Waals surface area (Å²) in [6.45, 7) is 2.99. The third-order valence-corrected chi connectivity index (χ3v) is 6.16. The molecule has 0 atom stereocenters. The van der Waals surface area contributed by atoms with E-state index in [1.807, 2.05) is 64.2 Å². The van der Waals surface area contributed by atoms with Crippen LogP contribution in [0.5, 0.6) is 5.75 Å². The van der Waals surface area contributed by atoms with Crippen LogP contribution in [0, 0.1) is 0 Å². The number of anilines is 1. The summed E-state index contributed by atoms with van der Waals surface area (Å²) in [5, 5.41) is 4.68. The Bertz CT molecular complexity index is 1290. The maximum atomic E-state index is 13.1. The predicted molar refractivity (Wildman–Crippen MR) is 130 cm³/mol. The maximum absolute atomic E-state index is 13.1. The topological polar surface area (TPSA) is 76.6 Å². The standard InChI is InChI=1S/C25H24ClN5O3/c1-33-22-10-3-2-8-20(22)29-12-14-30(15-13-29)23(32)17-31-11-5-9-21(31)25-27-24(28-34-25)18-6-4-7-19(26)16-18/h2-11,16H,12-15,17H2,1H3. The van der Waals surface area contributed by atoms with Gasteiger partial charge in [0.1, 0.15) is 18.0 Å². The molecule has 4 aromatic rings. The van der Waals surface area contributed by atoms with Gasteiger partial charge in [-0.15, -0.1) is 0 Å². The van der Waals surface area contributed by atoms with E-state index in [4.69, 9.17) is 20.9 Å². The lowest BCUT2D eigenvalue weighted by Crippen LogP contribution is -2.49. The van der Waals surface area contributed by atoms with Gasteiger partial charge in [-0.2, -0.15) is 4.98 Å². The molecule has 3 heterocycles. The number of methoxy groups -OCH3 is 1. The molecule has 1 fully saturated rings. The van der Waals surface area contributed by atoms with Gasteiger partial charge >= 0.3 is 0 Å². The Morgan fingerprint density at radius 1 is 1.06 bits per heavy atom. The lowest BCUT2D eigenvalue weighted by Gasteiger charge is -2.36. The zero-order chi connectivity index (χ0) is 23.5. The molecule has 5 rings (SSSR count). The number of ether oxygens (including phenoxy) is 1. The zero-order valence-electron chi connectivity index (χ0n) is 18.7. The van der Waals surface area contributed by atoms with Crippen LogP contribution in [-0.4, -0.2) is 58.8 Å². The van der Waals surface area contributed by atoms with Gasteiger partial charge in [0, 0.05) is 43.0 Å². The van der Waals surface area contributed by atoms with Crippen molar-refractivity contribution >= 4 is 23.2 Å². The molecule has 2 aromatic carbocycles. The third kappa shape index (κ3) is 4.49. The Labute approximate surface area is 202 Å². The van der Waals surface area contributed by atoms with E-state index in [0.717, 1.165) is 30.1 Å². The molecular formula is C25H24ClN5O3. The average Bonchev–Trinajstić information content (AvgIpc) is 3.54. The molecule has 2 aromatic heterocycles. The molecule has 0 N–H and O–H groups in total. The fraction of sp³-hybridized carbons (Fsp3) is 0.240. The van der Waals surface area contributed by atoms with Gasteiger partial charge in [-0.05, 0) is 36.4 Å². The van der Waals surface area contributed by atoms with Gasteiger partial charge < -0.3 is 23.6 Å². The van der Waals surface area contributed by atoms with Gasteiger partial charge in [0.15, 0.2) is 0 Å². The molecule has 34 heavy (non-hydrogen) atoms. The van der Waals surface area contributed by atoms with Crippen molar-refractivity contribution in [1.29, 1.82) is 0 Å². The number of nitrogens with zero attached hydrogens (tertiary/aromatic N) is 5. The van der Waals surface area contributed by atoms with E-state index in [2.05, 4.69) is 15.0 Å². The summed E-state index contributed by atoms with van der Waals surface area (Å²) in [6.07, 6.45) is 1.85. The van der Waals surface area contributed by atoms with Crippen LogP contribution in [0.15, 0.2) is 71.4 Å². The summed E-state index contributed by atoms with van der Waals surface area (Å²) in [7, 11) is 1.68. The van der Waals surface area contributed by atoms with Gasteiger partial charge in [-0.3, -0.25) is 4.79 Å². The molecule has 0 bridgehead atoms. The predicted octanol–water partition coefficient (Wildman–Crippen LogP) is 4.22. The molecule has 1 amide bonds. The fourth-order valence-electron chi connectivity index (χ4n) is 4.15. The highest BCUT2D eigenvalue weighted by atomic mass is 35.5. The Balaban J connectivity index is 1.25. The molecule has 8 nitrogen and oxygen atoms in total. The lowest BCUT2D eigenvalue weighted by atomic mass is 10.2. The van der Waals surface area contributed by atoms with E-state index < -0.39 is 0 Å². The minimum Gasteiger partial charge on any atom is -0.495 e. The summed E-state index contributed by atoms with van der Waals surface area (Å²) in [6, 6.07) is 19.0. The molecule has 0 radical (unpaired) electrons. The Hall–Kier alpha value is -3.78. The van der Waals surface area contributed by atoms with Crippen LogP contribution in [-0.2, 0) is 11.3 Å². The van der Waals surface area contributed by atoms with E-state index in [0.29, 0.717) is 35.5 Å². The second kappa shape index (κ2) is 9.61. The maximum Gasteiger partial charge on any atom is 0.274 e. The van der Waals surface area contributed by atoms with Gasteiger partial charge in [0.2, 0.25) is 11.7 Å². The number of rotatable bonds is 6. The van der Waals surface area contributed by atoms with E-state index >= 15 is 0 Å². The quantitative estimate of drug-likeness (QED) is 0.414. The number of hydrogen-bond acceptors (Lipinski definition) is 6. The molecule has 1 saturated heterocycles. The molecule has 1 aliphatic heterocycles. The van der Waals surface area contributed by atoms with Crippen LogP contribution in [0.1, 0.15) is 0 Å². The average molecular weight is 478 g/mol. The van der Waals surface area contributed by atoms with Gasteiger partial charge in [-0.25, -0.2) is 0 Å². The number of halogens is 1. The second-order valence-corrected chi connectivity index (χ2v) is 8.43. The van der Waals surface area contributed by atoms with E-state index in [9.17, 15) is 4.79 Å². The highest BCUT2D eigenvalue weighted by Gasteiger charge is 2.24.